The van der Waals surface area contributed by atoms with Crippen LogP contribution in [0.3, 0.4) is 0 Å². The first kappa shape index (κ1) is 12.0. The van der Waals surface area contributed by atoms with Gasteiger partial charge in [-0.05, 0) is 42.4 Å². The van der Waals surface area contributed by atoms with Crippen molar-refractivity contribution in [2.24, 2.45) is 5.92 Å². The largest absolute Gasteiger partial charge is 0.481 e. The van der Waals surface area contributed by atoms with Crippen molar-refractivity contribution >= 4 is 19.5 Å². The second kappa shape index (κ2) is 5.16. The molecular weight excluding hydrogens is 210 g/mol. The van der Waals surface area contributed by atoms with E-state index in [2.05, 4.69) is 4.98 Å². The second-order valence-electron chi connectivity index (χ2n) is 3.82. The fourth-order valence-electron chi connectivity index (χ4n) is 1.85. The van der Waals surface area contributed by atoms with E-state index < -0.39 is 5.97 Å². The van der Waals surface area contributed by atoms with Crippen LogP contribution in [0.5, 0.6) is 0 Å². The summed E-state index contributed by atoms with van der Waals surface area (Å²) in [6.07, 6.45) is 6.04. The summed E-state index contributed by atoms with van der Waals surface area (Å²) in [5.74, 6) is 0.0581. The summed E-state index contributed by atoms with van der Waals surface area (Å²) < 4.78 is 0. The molecule has 0 aliphatic heterocycles. The van der Waals surface area contributed by atoms with Crippen molar-refractivity contribution in [2.75, 3.05) is 0 Å². The summed E-state index contributed by atoms with van der Waals surface area (Å²) in [5, 5.41) is 8.81. The molecule has 1 aromatic rings. The van der Waals surface area contributed by atoms with Gasteiger partial charge in [-0.25, -0.2) is 0 Å². The Morgan fingerprint density at radius 3 is 2.53 bits per heavy atom. The highest BCUT2D eigenvalue weighted by Gasteiger charge is 2.33. The van der Waals surface area contributed by atoms with Crippen molar-refractivity contribution in [1.82, 2.24) is 4.98 Å². The zero-order valence-corrected chi connectivity index (χ0v) is 9.39. The van der Waals surface area contributed by atoms with Crippen LogP contribution in [0.15, 0.2) is 24.5 Å². The third-order valence-electron chi connectivity index (χ3n) is 2.72. The topological polar surface area (TPSA) is 50.2 Å². The molecule has 15 heavy (non-hydrogen) atoms. The predicted molar refractivity (Wildman–Crippen MR) is 62.3 cm³/mol. The van der Waals surface area contributed by atoms with E-state index >= 15 is 0 Å². The van der Waals surface area contributed by atoms with Crippen LogP contribution in [-0.4, -0.2) is 16.1 Å². The molecule has 0 unspecified atom stereocenters. The van der Waals surface area contributed by atoms with Crippen LogP contribution in [0.2, 0.25) is 0 Å². The van der Waals surface area contributed by atoms with E-state index in [1.807, 2.05) is 12.1 Å². The quantitative estimate of drug-likeness (QED) is 0.854. The van der Waals surface area contributed by atoms with Crippen LogP contribution in [0.1, 0.15) is 30.7 Å². The third kappa shape index (κ3) is 3.23. The molecule has 1 aliphatic rings. The van der Waals surface area contributed by atoms with Crippen LogP contribution in [0, 0.1) is 5.92 Å². The highest BCUT2D eigenvalue weighted by molar-refractivity contribution is 7.59. The maximum atomic E-state index is 10.7. The fourth-order valence-corrected chi connectivity index (χ4v) is 1.85. The van der Waals surface area contributed by atoms with E-state index in [1.54, 1.807) is 12.4 Å². The Morgan fingerprint density at radius 2 is 2.07 bits per heavy atom. The molecule has 1 saturated carbocycles. The van der Waals surface area contributed by atoms with Gasteiger partial charge in [0.1, 0.15) is 0 Å². The van der Waals surface area contributed by atoms with Crippen LogP contribution in [0.4, 0.5) is 0 Å². The first-order chi connectivity index (χ1) is 6.77. The number of hydrogen-bond donors (Lipinski definition) is 1. The van der Waals surface area contributed by atoms with Gasteiger partial charge >= 0.3 is 5.97 Å². The third-order valence-corrected chi connectivity index (χ3v) is 2.72. The highest BCUT2D eigenvalue weighted by atomic mass is 32.1. The number of aromatic nitrogens is 1. The summed E-state index contributed by atoms with van der Waals surface area (Å²) in [7, 11) is 0. The zero-order valence-electron chi connectivity index (χ0n) is 8.39. The molecular formula is C11H15NO2S. The Hall–Kier alpha value is -1.03. The van der Waals surface area contributed by atoms with Crippen molar-refractivity contribution in [3.8, 4) is 0 Å². The first-order valence-electron chi connectivity index (χ1n) is 4.89. The Kier molecular flexibility index (Phi) is 4.15. The number of aliphatic carboxylic acids is 1. The van der Waals surface area contributed by atoms with Gasteiger partial charge in [0.05, 0.1) is 6.42 Å². The van der Waals surface area contributed by atoms with Gasteiger partial charge in [-0.1, -0.05) is 0 Å². The van der Waals surface area contributed by atoms with Gasteiger partial charge in [0, 0.05) is 12.4 Å². The van der Waals surface area contributed by atoms with E-state index in [9.17, 15) is 4.79 Å². The van der Waals surface area contributed by atoms with Gasteiger partial charge < -0.3 is 5.11 Å². The minimum Gasteiger partial charge on any atom is -0.481 e. The molecule has 0 radical (unpaired) electrons. The number of rotatable bonds is 4. The fraction of sp³-hybridized carbons (Fsp3) is 0.455. The molecule has 1 atom stereocenters. The van der Waals surface area contributed by atoms with Gasteiger partial charge in [-0.3, -0.25) is 9.78 Å². The summed E-state index contributed by atoms with van der Waals surface area (Å²) in [6.45, 7) is 0. The van der Waals surface area contributed by atoms with Crippen molar-refractivity contribution < 1.29 is 9.90 Å². The molecule has 1 aliphatic carbocycles. The van der Waals surface area contributed by atoms with E-state index in [1.165, 1.54) is 12.8 Å². The van der Waals surface area contributed by atoms with Crippen molar-refractivity contribution in [3.63, 3.8) is 0 Å². The van der Waals surface area contributed by atoms with Gasteiger partial charge in [0.2, 0.25) is 0 Å². The molecule has 3 nitrogen and oxygen atoms in total. The van der Waals surface area contributed by atoms with Crippen molar-refractivity contribution in [1.29, 1.82) is 0 Å². The maximum Gasteiger partial charge on any atom is 0.303 e. The van der Waals surface area contributed by atoms with Crippen molar-refractivity contribution in [2.45, 2.75) is 25.2 Å². The predicted octanol–water partition coefficient (Wildman–Crippen LogP) is 2.16. The number of carboxylic acid groups (broad SMARTS) is 1. The SMILES string of the molecule is O=C(O)C[C@H](c1ccncc1)C1CC1.S. The molecule has 1 fully saturated rings. The number of pyridine rings is 1. The molecule has 1 aromatic heterocycles. The smallest absolute Gasteiger partial charge is 0.303 e. The minimum absolute atomic E-state index is 0. The Balaban J connectivity index is 0.00000112. The number of carbonyl (C=O) groups is 1. The lowest BCUT2D eigenvalue weighted by Gasteiger charge is -2.13. The van der Waals surface area contributed by atoms with Crippen LogP contribution in [-0.2, 0) is 4.79 Å². The standard InChI is InChI=1S/C11H13NO2.H2S/c13-11(14)7-10(8-1-2-8)9-3-5-12-6-4-9;/h3-6,8,10H,1-2,7H2,(H,13,14);1H2/t10-;/m0./s1. The van der Waals surface area contributed by atoms with Crippen LogP contribution >= 0.6 is 13.5 Å². The second-order valence-corrected chi connectivity index (χ2v) is 3.82. The molecule has 0 saturated heterocycles. The van der Waals surface area contributed by atoms with E-state index in [4.69, 9.17) is 5.11 Å². The van der Waals surface area contributed by atoms with Crippen molar-refractivity contribution in [3.05, 3.63) is 30.1 Å². The molecule has 1 heterocycles. The molecule has 0 spiro atoms. The van der Waals surface area contributed by atoms with E-state index in [0.717, 1.165) is 5.56 Å². The highest BCUT2D eigenvalue weighted by Crippen LogP contribution is 2.44. The molecule has 4 heteroatoms. The lowest BCUT2D eigenvalue weighted by atomic mass is 9.92. The lowest BCUT2D eigenvalue weighted by molar-refractivity contribution is -0.137. The lowest BCUT2D eigenvalue weighted by Crippen LogP contribution is -2.08. The van der Waals surface area contributed by atoms with E-state index in [-0.39, 0.29) is 25.8 Å². The Bertz CT molecular complexity index is 325. The summed E-state index contributed by atoms with van der Waals surface area (Å²) in [5.41, 5.74) is 1.12. The summed E-state index contributed by atoms with van der Waals surface area (Å²) in [6, 6.07) is 3.85. The monoisotopic (exact) mass is 225 g/mol. The zero-order chi connectivity index (χ0) is 9.97. The van der Waals surface area contributed by atoms with E-state index in [0.29, 0.717) is 5.92 Å². The van der Waals surface area contributed by atoms with Gasteiger partial charge in [-0.15, -0.1) is 0 Å². The number of nitrogens with zero attached hydrogens (tertiary/aromatic N) is 1. The average Bonchev–Trinajstić information content (AvgIpc) is 2.99. The molecule has 0 bridgehead atoms. The molecule has 0 amide bonds. The number of carboxylic acids is 1. The molecule has 2 rings (SSSR count). The summed E-state index contributed by atoms with van der Waals surface area (Å²) in [4.78, 5) is 14.6. The number of hydrogen-bond acceptors (Lipinski definition) is 2. The summed E-state index contributed by atoms with van der Waals surface area (Å²) >= 11 is 0. The van der Waals surface area contributed by atoms with Gasteiger partial charge in [0.15, 0.2) is 0 Å². The minimum atomic E-state index is -0.710. The maximum absolute atomic E-state index is 10.7. The first-order valence-corrected chi connectivity index (χ1v) is 4.89. The van der Waals surface area contributed by atoms with Gasteiger partial charge in [0.25, 0.3) is 0 Å². The Labute approximate surface area is 96.0 Å². The molecule has 82 valence electrons. The Morgan fingerprint density at radius 1 is 1.47 bits per heavy atom. The molecule has 0 aromatic carbocycles. The van der Waals surface area contributed by atoms with Crippen LogP contribution < -0.4 is 0 Å². The van der Waals surface area contributed by atoms with Crippen LogP contribution in [0.25, 0.3) is 0 Å². The normalized spacial score (nSPS) is 16.5. The average molecular weight is 225 g/mol. The van der Waals surface area contributed by atoms with Gasteiger partial charge in [-0.2, -0.15) is 13.5 Å². The molecule has 1 N–H and O–H groups in total.